The molecule has 142 valence electrons. The van der Waals surface area contributed by atoms with Crippen molar-refractivity contribution in [1.29, 1.82) is 0 Å². The lowest BCUT2D eigenvalue weighted by Crippen LogP contribution is -2.45. The van der Waals surface area contributed by atoms with Gasteiger partial charge >= 0.3 is 0 Å². The van der Waals surface area contributed by atoms with Gasteiger partial charge in [-0.05, 0) is 27.8 Å². The molecule has 1 saturated heterocycles. The van der Waals surface area contributed by atoms with Crippen LogP contribution in [-0.2, 0) is 5.54 Å². The zero-order valence-corrected chi connectivity index (χ0v) is 16.5. The van der Waals surface area contributed by atoms with E-state index in [0.29, 0.717) is 11.5 Å². The standard InChI is InChI=1S/C20H27N7/c1-20(2,3)27-17(21)15-16(14-8-6-5-7-9-14)22-19(23-18(15)24-27)26-12-10-25(4)11-13-26/h5-9H,10-13,21H2,1-4H3. The Labute approximate surface area is 159 Å². The van der Waals surface area contributed by atoms with Gasteiger partial charge in [-0.3, -0.25) is 0 Å². The minimum absolute atomic E-state index is 0.229. The maximum atomic E-state index is 6.51. The normalized spacial score (nSPS) is 16.2. The average Bonchev–Trinajstić information content (AvgIpc) is 2.99. The monoisotopic (exact) mass is 365 g/mol. The fourth-order valence-electron chi connectivity index (χ4n) is 3.46. The molecule has 1 aliphatic heterocycles. The van der Waals surface area contributed by atoms with Crippen LogP contribution in [0.25, 0.3) is 22.3 Å². The Balaban J connectivity index is 1.92. The lowest BCUT2D eigenvalue weighted by Gasteiger charge is -2.32. The first-order chi connectivity index (χ1) is 12.8. The third-order valence-corrected chi connectivity index (χ3v) is 5.03. The Morgan fingerprint density at radius 1 is 0.963 bits per heavy atom. The van der Waals surface area contributed by atoms with Crippen LogP contribution in [0.1, 0.15) is 20.8 Å². The summed E-state index contributed by atoms with van der Waals surface area (Å²) < 4.78 is 1.85. The van der Waals surface area contributed by atoms with Crippen LogP contribution in [0.15, 0.2) is 30.3 Å². The molecule has 0 spiro atoms. The van der Waals surface area contributed by atoms with Crippen LogP contribution in [0.2, 0.25) is 0 Å². The first-order valence-electron chi connectivity index (χ1n) is 9.40. The van der Waals surface area contributed by atoms with Crippen molar-refractivity contribution in [2.24, 2.45) is 0 Å². The highest BCUT2D eigenvalue weighted by Crippen LogP contribution is 2.34. The van der Waals surface area contributed by atoms with Crippen LogP contribution >= 0.6 is 0 Å². The summed E-state index contributed by atoms with van der Waals surface area (Å²) in [5.74, 6) is 1.34. The maximum Gasteiger partial charge on any atom is 0.228 e. The summed E-state index contributed by atoms with van der Waals surface area (Å²) in [6, 6.07) is 10.2. The van der Waals surface area contributed by atoms with E-state index in [1.807, 2.05) is 22.9 Å². The predicted molar refractivity (Wildman–Crippen MR) is 110 cm³/mol. The van der Waals surface area contributed by atoms with E-state index < -0.39 is 0 Å². The van der Waals surface area contributed by atoms with E-state index in [1.54, 1.807) is 0 Å². The van der Waals surface area contributed by atoms with Crippen molar-refractivity contribution >= 4 is 22.8 Å². The topological polar surface area (TPSA) is 76.1 Å². The van der Waals surface area contributed by atoms with Crippen molar-refractivity contribution in [2.75, 3.05) is 43.9 Å². The Bertz CT molecular complexity index is 948. The van der Waals surface area contributed by atoms with E-state index in [1.165, 1.54) is 0 Å². The summed E-state index contributed by atoms with van der Waals surface area (Å²) in [5, 5.41) is 5.57. The summed E-state index contributed by atoms with van der Waals surface area (Å²) in [5.41, 5.74) is 8.82. The molecule has 0 aliphatic carbocycles. The quantitative estimate of drug-likeness (QED) is 0.752. The molecule has 0 radical (unpaired) electrons. The second kappa shape index (κ2) is 6.49. The molecule has 0 atom stereocenters. The van der Waals surface area contributed by atoms with Crippen molar-refractivity contribution in [3.05, 3.63) is 30.3 Å². The maximum absolute atomic E-state index is 6.51. The van der Waals surface area contributed by atoms with E-state index in [2.05, 4.69) is 49.8 Å². The number of aromatic nitrogens is 4. The van der Waals surface area contributed by atoms with Crippen LogP contribution in [0.3, 0.4) is 0 Å². The smallest absolute Gasteiger partial charge is 0.228 e. The number of nitrogen functional groups attached to an aromatic ring is 1. The zero-order valence-electron chi connectivity index (χ0n) is 16.5. The highest BCUT2D eigenvalue weighted by molar-refractivity contribution is 5.99. The first-order valence-corrected chi connectivity index (χ1v) is 9.40. The molecule has 1 aliphatic rings. The molecule has 0 unspecified atom stereocenters. The molecule has 0 amide bonds. The van der Waals surface area contributed by atoms with Gasteiger partial charge in [-0.2, -0.15) is 4.98 Å². The van der Waals surface area contributed by atoms with E-state index in [-0.39, 0.29) is 5.54 Å². The van der Waals surface area contributed by atoms with Crippen molar-refractivity contribution in [1.82, 2.24) is 24.6 Å². The molecule has 2 aromatic heterocycles. The summed E-state index contributed by atoms with van der Waals surface area (Å²) in [6.45, 7) is 10.1. The Morgan fingerprint density at radius 2 is 1.63 bits per heavy atom. The van der Waals surface area contributed by atoms with Gasteiger partial charge in [-0.25, -0.2) is 9.67 Å². The van der Waals surface area contributed by atoms with Gasteiger partial charge in [0.15, 0.2) is 5.65 Å². The predicted octanol–water partition coefficient (Wildman–Crippen LogP) is 2.58. The Hall–Kier alpha value is -2.67. The van der Waals surface area contributed by atoms with Gasteiger partial charge in [0.2, 0.25) is 5.95 Å². The van der Waals surface area contributed by atoms with E-state index in [0.717, 1.165) is 48.8 Å². The first kappa shape index (κ1) is 17.7. The molecule has 7 heteroatoms. The minimum atomic E-state index is -0.229. The number of likely N-dealkylation sites (N-methyl/N-ethyl adjacent to an activating group) is 1. The average molecular weight is 365 g/mol. The van der Waals surface area contributed by atoms with Crippen molar-refractivity contribution in [3.8, 4) is 11.3 Å². The number of fused-ring (bicyclic) bond motifs is 1. The molecule has 0 saturated carbocycles. The fourth-order valence-corrected chi connectivity index (χ4v) is 3.46. The highest BCUT2D eigenvalue weighted by Gasteiger charge is 2.26. The molecular weight excluding hydrogens is 338 g/mol. The Kier molecular flexibility index (Phi) is 4.26. The van der Waals surface area contributed by atoms with Crippen molar-refractivity contribution in [3.63, 3.8) is 0 Å². The van der Waals surface area contributed by atoms with Gasteiger partial charge in [-0.1, -0.05) is 30.3 Å². The summed E-state index contributed by atoms with van der Waals surface area (Å²) in [6.07, 6.45) is 0. The number of piperazine rings is 1. The molecule has 4 rings (SSSR count). The third-order valence-electron chi connectivity index (χ3n) is 5.03. The van der Waals surface area contributed by atoms with Crippen molar-refractivity contribution in [2.45, 2.75) is 26.3 Å². The third kappa shape index (κ3) is 3.23. The lowest BCUT2D eigenvalue weighted by molar-refractivity contribution is 0.311. The van der Waals surface area contributed by atoms with Gasteiger partial charge in [0.1, 0.15) is 5.82 Å². The van der Waals surface area contributed by atoms with Crippen LogP contribution in [0, 0.1) is 0 Å². The molecule has 3 heterocycles. The molecule has 27 heavy (non-hydrogen) atoms. The zero-order chi connectivity index (χ0) is 19.2. The molecule has 0 bridgehead atoms. The van der Waals surface area contributed by atoms with E-state index >= 15 is 0 Å². The number of anilines is 2. The SMILES string of the molecule is CN1CCN(c2nc(-c3ccccc3)c3c(N)n(C(C)(C)C)nc3n2)CC1. The number of benzene rings is 1. The van der Waals surface area contributed by atoms with Crippen molar-refractivity contribution < 1.29 is 0 Å². The number of nitrogens with zero attached hydrogens (tertiary/aromatic N) is 6. The van der Waals surface area contributed by atoms with Crippen LogP contribution < -0.4 is 10.6 Å². The lowest BCUT2D eigenvalue weighted by atomic mass is 10.1. The van der Waals surface area contributed by atoms with Gasteiger partial charge < -0.3 is 15.5 Å². The summed E-state index contributed by atoms with van der Waals surface area (Å²) in [4.78, 5) is 14.3. The van der Waals surface area contributed by atoms with E-state index in [4.69, 9.17) is 20.8 Å². The number of nitrogens with two attached hydrogens (primary N) is 1. The summed E-state index contributed by atoms with van der Waals surface area (Å²) >= 11 is 0. The minimum Gasteiger partial charge on any atom is -0.383 e. The number of rotatable bonds is 2. The van der Waals surface area contributed by atoms with Crippen LogP contribution in [0.5, 0.6) is 0 Å². The molecule has 3 aromatic rings. The second-order valence-corrected chi connectivity index (χ2v) is 8.20. The van der Waals surface area contributed by atoms with Gasteiger partial charge in [0, 0.05) is 31.7 Å². The fraction of sp³-hybridized carbons (Fsp3) is 0.450. The molecule has 2 N–H and O–H groups in total. The van der Waals surface area contributed by atoms with Gasteiger partial charge in [-0.15, -0.1) is 5.10 Å². The molecule has 7 nitrogen and oxygen atoms in total. The van der Waals surface area contributed by atoms with Gasteiger partial charge in [0.25, 0.3) is 0 Å². The highest BCUT2D eigenvalue weighted by atomic mass is 15.4. The largest absolute Gasteiger partial charge is 0.383 e. The number of hydrogen-bond acceptors (Lipinski definition) is 6. The molecular formula is C20H27N7. The summed E-state index contributed by atoms with van der Waals surface area (Å²) in [7, 11) is 2.14. The second-order valence-electron chi connectivity index (χ2n) is 8.20. The number of hydrogen-bond donors (Lipinski definition) is 1. The molecule has 1 fully saturated rings. The van der Waals surface area contributed by atoms with E-state index in [9.17, 15) is 0 Å². The van der Waals surface area contributed by atoms with Gasteiger partial charge in [0.05, 0.1) is 16.6 Å². The Morgan fingerprint density at radius 3 is 2.26 bits per heavy atom. The van der Waals surface area contributed by atoms with Crippen LogP contribution in [-0.4, -0.2) is 57.9 Å². The molecule has 1 aromatic carbocycles. The van der Waals surface area contributed by atoms with Crippen LogP contribution in [0.4, 0.5) is 11.8 Å².